The molecular formula is C23H21N3O3S. The Hall–Kier alpha value is -3.63. The number of nitriles is 1. The van der Waals surface area contributed by atoms with Crippen molar-refractivity contribution in [2.45, 2.75) is 17.9 Å². The SMILES string of the molecule is CC(NC(=O)c1ccc(S(=O)(=O)N(C)c2ccccc2)cc1)c1ccc(C#N)cc1. The maximum Gasteiger partial charge on any atom is 0.264 e. The van der Waals surface area contributed by atoms with E-state index in [1.54, 1.807) is 48.5 Å². The Kier molecular flexibility index (Phi) is 6.19. The first-order valence-corrected chi connectivity index (χ1v) is 10.7. The molecule has 152 valence electrons. The van der Waals surface area contributed by atoms with E-state index in [-0.39, 0.29) is 16.8 Å². The highest BCUT2D eigenvalue weighted by Crippen LogP contribution is 2.22. The van der Waals surface area contributed by atoms with Gasteiger partial charge in [0, 0.05) is 12.6 Å². The number of anilines is 1. The predicted octanol–water partition coefficient (Wildman–Crippen LogP) is 3.87. The molecule has 0 heterocycles. The Morgan fingerprint density at radius 1 is 0.967 bits per heavy atom. The average molecular weight is 420 g/mol. The van der Waals surface area contributed by atoms with Crippen molar-refractivity contribution in [2.75, 3.05) is 11.4 Å². The summed E-state index contributed by atoms with van der Waals surface area (Å²) in [6, 6.07) is 23.4. The fraction of sp³-hybridized carbons (Fsp3) is 0.130. The maximum atomic E-state index is 12.8. The van der Waals surface area contributed by atoms with Crippen molar-refractivity contribution in [3.8, 4) is 6.07 Å². The Morgan fingerprint density at radius 2 is 1.57 bits per heavy atom. The van der Waals surface area contributed by atoms with Crippen molar-refractivity contribution < 1.29 is 13.2 Å². The second-order valence-corrected chi connectivity index (χ2v) is 8.73. The van der Waals surface area contributed by atoms with Gasteiger partial charge in [0.25, 0.3) is 15.9 Å². The van der Waals surface area contributed by atoms with E-state index in [1.807, 2.05) is 13.0 Å². The monoisotopic (exact) mass is 419 g/mol. The lowest BCUT2D eigenvalue weighted by Gasteiger charge is -2.19. The number of nitrogens with zero attached hydrogens (tertiary/aromatic N) is 2. The third-order valence-corrected chi connectivity index (χ3v) is 6.58. The van der Waals surface area contributed by atoms with Gasteiger partial charge in [-0.15, -0.1) is 0 Å². The highest BCUT2D eigenvalue weighted by molar-refractivity contribution is 7.92. The fourth-order valence-electron chi connectivity index (χ4n) is 2.92. The molecule has 1 amide bonds. The van der Waals surface area contributed by atoms with Gasteiger partial charge in [-0.1, -0.05) is 30.3 Å². The van der Waals surface area contributed by atoms with Gasteiger partial charge in [-0.25, -0.2) is 8.42 Å². The van der Waals surface area contributed by atoms with Crippen LogP contribution in [0.4, 0.5) is 5.69 Å². The average Bonchev–Trinajstić information content (AvgIpc) is 2.79. The van der Waals surface area contributed by atoms with E-state index in [0.717, 1.165) is 5.56 Å². The van der Waals surface area contributed by atoms with Crippen LogP contribution in [0.15, 0.2) is 83.8 Å². The van der Waals surface area contributed by atoms with Crippen molar-refractivity contribution >= 4 is 21.6 Å². The third kappa shape index (κ3) is 4.50. The third-order valence-electron chi connectivity index (χ3n) is 4.78. The fourth-order valence-corrected chi connectivity index (χ4v) is 4.12. The molecule has 0 saturated carbocycles. The van der Waals surface area contributed by atoms with Gasteiger partial charge >= 0.3 is 0 Å². The zero-order valence-electron chi connectivity index (χ0n) is 16.6. The number of sulfonamides is 1. The van der Waals surface area contributed by atoms with Gasteiger partial charge in [0.1, 0.15) is 0 Å². The van der Waals surface area contributed by atoms with E-state index in [1.165, 1.54) is 35.6 Å². The summed E-state index contributed by atoms with van der Waals surface area (Å²) < 4.78 is 26.9. The van der Waals surface area contributed by atoms with Crippen LogP contribution in [-0.4, -0.2) is 21.4 Å². The zero-order valence-corrected chi connectivity index (χ0v) is 17.4. The predicted molar refractivity (Wildman–Crippen MR) is 116 cm³/mol. The molecule has 0 bridgehead atoms. The number of hydrogen-bond acceptors (Lipinski definition) is 4. The smallest absolute Gasteiger partial charge is 0.264 e. The normalized spacial score (nSPS) is 11.9. The molecule has 1 atom stereocenters. The Morgan fingerprint density at radius 3 is 2.13 bits per heavy atom. The molecule has 0 spiro atoms. The second kappa shape index (κ2) is 8.80. The second-order valence-electron chi connectivity index (χ2n) is 6.76. The first-order chi connectivity index (χ1) is 14.3. The zero-order chi connectivity index (χ0) is 21.7. The first-order valence-electron chi connectivity index (χ1n) is 9.28. The molecule has 3 aromatic carbocycles. The highest BCUT2D eigenvalue weighted by Gasteiger charge is 2.21. The number of amides is 1. The van der Waals surface area contributed by atoms with Gasteiger partial charge in [-0.3, -0.25) is 9.10 Å². The number of para-hydroxylation sites is 1. The Labute approximate surface area is 176 Å². The minimum atomic E-state index is -3.73. The summed E-state index contributed by atoms with van der Waals surface area (Å²) >= 11 is 0. The minimum Gasteiger partial charge on any atom is -0.346 e. The van der Waals surface area contributed by atoms with Crippen molar-refractivity contribution in [1.82, 2.24) is 5.32 Å². The standard InChI is InChI=1S/C23H21N3O3S/c1-17(19-10-8-18(16-24)9-11-19)25-23(27)20-12-14-22(15-13-20)30(28,29)26(2)21-6-4-3-5-7-21/h3-15,17H,1-2H3,(H,25,27). The number of carbonyl (C=O) groups excluding carboxylic acids is 1. The van der Waals surface area contributed by atoms with Crippen LogP contribution in [0.1, 0.15) is 34.5 Å². The van der Waals surface area contributed by atoms with Crippen LogP contribution in [0.5, 0.6) is 0 Å². The summed E-state index contributed by atoms with van der Waals surface area (Å²) in [5.74, 6) is -0.313. The molecule has 7 heteroatoms. The highest BCUT2D eigenvalue weighted by atomic mass is 32.2. The van der Waals surface area contributed by atoms with E-state index in [4.69, 9.17) is 5.26 Å². The molecular weight excluding hydrogens is 398 g/mol. The van der Waals surface area contributed by atoms with Crippen LogP contribution in [0.2, 0.25) is 0 Å². The summed E-state index contributed by atoms with van der Waals surface area (Å²) in [7, 11) is -2.24. The topological polar surface area (TPSA) is 90.3 Å². The first kappa shape index (κ1) is 21.1. The van der Waals surface area contributed by atoms with Crippen LogP contribution in [0, 0.1) is 11.3 Å². The molecule has 0 saturated heterocycles. The summed E-state index contributed by atoms with van der Waals surface area (Å²) in [5, 5.41) is 11.7. The molecule has 0 radical (unpaired) electrons. The molecule has 0 fully saturated rings. The van der Waals surface area contributed by atoms with Gasteiger partial charge in [-0.2, -0.15) is 5.26 Å². The largest absolute Gasteiger partial charge is 0.346 e. The molecule has 1 N–H and O–H groups in total. The summed E-state index contributed by atoms with van der Waals surface area (Å²) in [5.41, 5.74) is 2.33. The number of benzene rings is 3. The van der Waals surface area contributed by atoms with E-state index in [0.29, 0.717) is 16.8 Å². The molecule has 0 aromatic heterocycles. The quantitative estimate of drug-likeness (QED) is 0.657. The van der Waals surface area contributed by atoms with Gasteiger partial charge in [0.15, 0.2) is 0 Å². The lowest BCUT2D eigenvalue weighted by Crippen LogP contribution is -2.28. The van der Waals surface area contributed by atoms with Crippen molar-refractivity contribution in [3.05, 3.63) is 95.6 Å². The van der Waals surface area contributed by atoms with Crippen LogP contribution in [0.25, 0.3) is 0 Å². The van der Waals surface area contributed by atoms with E-state index in [9.17, 15) is 13.2 Å². The number of hydrogen-bond donors (Lipinski definition) is 1. The minimum absolute atomic E-state index is 0.102. The lowest BCUT2D eigenvalue weighted by atomic mass is 10.1. The van der Waals surface area contributed by atoms with Gasteiger partial charge in [-0.05, 0) is 61.0 Å². The molecule has 1 unspecified atom stereocenters. The van der Waals surface area contributed by atoms with E-state index < -0.39 is 10.0 Å². The van der Waals surface area contributed by atoms with Crippen molar-refractivity contribution in [2.24, 2.45) is 0 Å². The molecule has 0 aliphatic carbocycles. The van der Waals surface area contributed by atoms with Crippen LogP contribution < -0.4 is 9.62 Å². The van der Waals surface area contributed by atoms with Crippen molar-refractivity contribution in [3.63, 3.8) is 0 Å². The molecule has 0 aliphatic heterocycles. The molecule has 0 aliphatic rings. The Bertz CT molecular complexity index is 1170. The van der Waals surface area contributed by atoms with Crippen LogP contribution >= 0.6 is 0 Å². The number of rotatable bonds is 6. The molecule has 3 aromatic rings. The number of carbonyl (C=O) groups is 1. The van der Waals surface area contributed by atoms with Crippen LogP contribution in [0.3, 0.4) is 0 Å². The molecule has 30 heavy (non-hydrogen) atoms. The molecule has 3 rings (SSSR count). The molecule has 6 nitrogen and oxygen atoms in total. The summed E-state index contributed by atoms with van der Waals surface area (Å²) in [6.45, 7) is 1.84. The van der Waals surface area contributed by atoms with E-state index in [2.05, 4.69) is 11.4 Å². The lowest BCUT2D eigenvalue weighted by molar-refractivity contribution is 0.0940. The maximum absolute atomic E-state index is 12.8. The summed E-state index contributed by atoms with van der Waals surface area (Å²) in [4.78, 5) is 12.6. The van der Waals surface area contributed by atoms with E-state index >= 15 is 0 Å². The van der Waals surface area contributed by atoms with Gasteiger partial charge in [0.05, 0.1) is 28.3 Å². The van der Waals surface area contributed by atoms with Gasteiger partial charge < -0.3 is 5.32 Å². The van der Waals surface area contributed by atoms with Crippen molar-refractivity contribution in [1.29, 1.82) is 5.26 Å². The van der Waals surface area contributed by atoms with Crippen LogP contribution in [-0.2, 0) is 10.0 Å². The summed E-state index contributed by atoms with van der Waals surface area (Å²) in [6.07, 6.45) is 0. The number of nitrogens with one attached hydrogen (secondary N) is 1. The Balaban J connectivity index is 1.73. The van der Waals surface area contributed by atoms with Gasteiger partial charge in [0.2, 0.25) is 0 Å².